The second kappa shape index (κ2) is 6.01. The molecule has 2 N–H and O–H groups in total. The third kappa shape index (κ3) is 2.38. The fourth-order valence-corrected chi connectivity index (χ4v) is 5.08. The summed E-state index contributed by atoms with van der Waals surface area (Å²) in [6.45, 7) is 1.78. The van der Waals surface area contributed by atoms with E-state index in [1.165, 1.54) is 6.07 Å². The Morgan fingerprint density at radius 2 is 1.57 bits per heavy atom. The lowest BCUT2D eigenvalue weighted by Gasteiger charge is -2.15. The van der Waals surface area contributed by atoms with Gasteiger partial charge in [0.25, 0.3) is 10.1 Å². The van der Waals surface area contributed by atoms with E-state index >= 15 is 0 Å². The maximum atomic E-state index is 13.3. The highest BCUT2D eigenvalue weighted by atomic mass is 32.2. The van der Waals surface area contributed by atoms with Gasteiger partial charge in [-0.25, -0.2) is 0 Å². The number of pyridine rings is 2. The van der Waals surface area contributed by atoms with Gasteiger partial charge in [0.15, 0.2) is 10.9 Å². The second-order valence-corrected chi connectivity index (χ2v) is 8.71. The molecule has 0 fully saturated rings. The molecule has 30 heavy (non-hydrogen) atoms. The lowest BCUT2D eigenvalue weighted by atomic mass is 10.0. The van der Waals surface area contributed by atoms with Crippen LogP contribution in [0, 0.1) is 6.92 Å². The minimum Gasteiger partial charge on any atom is -0.353 e. The largest absolute Gasteiger partial charge is 0.353 e. The number of aromatic nitrogens is 2. The van der Waals surface area contributed by atoms with Gasteiger partial charge in [0.05, 0.1) is 27.5 Å². The van der Waals surface area contributed by atoms with Gasteiger partial charge in [0.1, 0.15) is 4.90 Å². The monoisotopic (exact) mass is 420 g/mol. The van der Waals surface area contributed by atoms with Crippen LogP contribution in [0.15, 0.2) is 63.0 Å². The number of benzene rings is 3. The van der Waals surface area contributed by atoms with Crippen LogP contribution in [-0.4, -0.2) is 22.5 Å². The van der Waals surface area contributed by atoms with Crippen LogP contribution in [0.1, 0.15) is 5.56 Å². The summed E-state index contributed by atoms with van der Waals surface area (Å²) in [6, 6.07) is 13.5. The van der Waals surface area contributed by atoms with Crippen molar-refractivity contribution < 1.29 is 13.0 Å². The zero-order valence-corrected chi connectivity index (χ0v) is 16.9. The second-order valence-electron chi connectivity index (χ2n) is 7.35. The van der Waals surface area contributed by atoms with Gasteiger partial charge in [0, 0.05) is 23.2 Å². The molecule has 0 amide bonds. The minimum atomic E-state index is -4.85. The molecule has 0 spiro atoms. The number of fused-ring (bicyclic) bond motifs is 4. The molecule has 5 aromatic rings. The van der Waals surface area contributed by atoms with E-state index in [9.17, 15) is 22.6 Å². The van der Waals surface area contributed by atoms with Crippen molar-refractivity contribution in [2.24, 2.45) is 7.05 Å². The van der Waals surface area contributed by atoms with Crippen LogP contribution in [-0.2, 0) is 17.2 Å². The van der Waals surface area contributed by atoms with Crippen molar-refractivity contribution in [3.05, 3.63) is 74.5 Å². The number of hydrogen-bond donors (Lipinski definition) is 2. The minimum absolute atomic E-state index is 0.0795. The van der Waals surface area contributed by atoms with E-state index in [0.29, 0.717) is 21.8 Å². The molecule has 0 saturated carbocycles. The first kappa shape index (κ1) is 18.5. The molecular weight excluding hydrogens is 404 g/mol. The summed E-state index contributed by atoms with van der Waals surface area (Å²) in [4.78, 5) is 28.9. The number of aryl methyl sites for hydroxylation is 2. The molecule has 150 valence electrons. The molecule has 0 aliphatic heterocycles. The normalized spacial score (nSPS) is 12.4. The van der Waals surface area contributed by atoms with Crippen molar-refractivity contribution in [2.75, 3.05) is 0 Å². The average molecular weight is 420 g/mol. The highest BCUT2D eigenvalue weighted by molar-refractivity contribution is 7.86. The van der Waals surface area contributed by atoms with Crippen LogP contribution < -0.4 is 10.9 Å². The number of para-hydroxylation sites is 2. The summed E-state index contributed by atoms with van der Waals surface area (Å²) < 4.78 is 36.7. The predicted octanol–water partition coefficient (Wildman–Crippen LogP) is 3.24. The summed E-state index contributed by atoms with van der Waals surface area (Å²) in [5, 5.41) is 0.637. The molecule has 0 atom stereocenters. The van der Waals surface area contributed by atoms with Gasteiger partial charge in [-0.3, -0.25) is 14.1 Å². The van der Waals surface area contributed by atoms with E-state index in [-0.39, 0.29) is 27.2 Å². The molecule has 0 saturated heterocycles. The summed E-state index contributed by atoms with van der Waals surface area (Å²) >= 11 is 0. The van der Waals surface area contributed by atoms with Crippen LogP contribution >= 0.6 is 0 Å². The number of hydrogen-bond acceptors (Lipinski definition) is 4. The van der Waals surface area contributed by atoms with Crippen molar-refractivity contribution in [2.45, 2.75) is 11.8 Å². The summed E-state index contributed by atoms with van der Waals surface area (Å²) in [7, 11) is -3.16. The van der Waals surface area contributed by atoms with Gasteiger partial charge in [-0.15, -0.1) is 0 Å². The van der Waals surface area contributed by atoms with Crippen molar-refractivity contribution in [1.29, 1.82) is 0 Å². The van der Waals surface area contributed by atoms with Crippen molar-refractivity contribution in [1.82, 2.24) is 9.55 Å². The summed E-state index contributed by atoms with van der Waals surface area (Å²) in [5.74, 6) is 0. The molecule has 0 aliphatic carbocycles. The molecule has 5 rings (SSSR count). The Hall–Kier alpha value is -3.49. The predicted molar refractivity (Wildman–Crippen MR) is 117 cm³/mol. The van der Waals surface area contributed by atoms with Crippen LogP contribution in [0.3, 0.4) is 0 Å². The fraction of sp³-hybridized carbons (Fsp3) is 0.0909. The smallest absolute Gasteiger partial charge is 0.297 e. The van der Waals surface area contributed by atoms with Crippen molar-refractivity contribution >= 4 is 53.7 Å². The number of rotatable bonds is 1. The highest BCUT2D eigenvalue weighted by Crippen LogP contribution is 2.31. The molecule has 0 aliphatic rings. The first-order valence-corrected chi connectivity index (χ1v) is 10.6. The summed E-state index contributed by atoms with van der Waals surface area (Å²) in [5.41, 5.74) is 1.04. The zero-order valence-electron chi connectivity index (χ0n) is 16.1. The van der Waals surface area contributed by atoms with E-state index in [1.807, 2.05) is 0 Å². The van der Waals surface area contributed by atoms with E-state index in [2.05, 4.69) is 4.98 Å². The Morgan fingerprint density at radius 1 is 0.867 bits per heavy atom. The molecular formula is C22H16N2O5S. The molecule has 0 unspecified atom stereocenters. The Bertz CT molecular complexity index is 1780. The van der Waals surface area contributed by atoms with E-state index in [0.717, 1.165) is 5.56 Å². The maximum Gasteiger partial charge on any atom is 0.297 e. The quantitative estimate of drug-likeness (QED) is 0.320. The van der Waals surface area contributed by atoms with Crippen LogP contribution in [0.2, 0.25) is 0 Å². The number of nitrogens with zero attached hydrogens (tertiary/aromatic N) is 1. The van der Waals surface area contributed by atoms with E-state index in [4.69, 9.17) is 0 Å². The molecule has 2 heterocycles. The standard InChI is InChI=1S/C22H16N2O5S/c1-11-6-5-8-13-18(11)23-19-14(20(13)25)10-16-17(22(19)30(27,28)29)21(26)12-7-3-4-9-15(12)24(16)2/h3-10H,1-2H3,(H,23,25)(H,27,28,29). The Labute approximate surface area is 169 Å². The fourth-order valence-electron chi connectivity index (χ4n) is 4.21. The zero-order chi connectivity index (χ0) is 21.4. The topological polar surface area (TPSA) is 109 Å². The van der Waals surface area contributed by atoms with Gasteiger partial charge >= 0.3 is 0 Å². The molecule has 8 heteroatoms. The third-order valence-electron chi connectivity index (χ3n) is 5.63. The Kier molecular flexibility index (Phi) is 3.71. The number of nitrogens with one attached hydrogen (secondary N) is 1. The molecule has 7 nitrogen and oxygen atoms in total. The molecule has 0 bridgehead atoms. The van der Waals surface area contributed by atoms with Crippen LogP contribution in [0.4, 0.5) is 0 Å². The SMILES string of the molecule is Cc1cccc2c(=O)c3cc4c(c(S(=O)(=O)O)c3[nH]c12)c(=O)c1ccccc1n4C. The van der Waals surface area contributed by atoms with Crippen molar-refractivity contribution in [3.8, 4) is 0 Å². The summed E-state index contributed by atoms with van der Waals surface area (Å²) in [6.07, 6.45) is 0. The molecule has 3 aromatic carbocycles. The maximum absolute atomic E-state index is 13.3. The first-order chi connectivity index (χ1) is 14.2. The third-order valence-corrected chi connectivity index (χ3v) is 6.55. The van der Waals surface area contributed by atoms with Gasteiger partial charge in [-0.05, 0) is 36.8 Å². The van der Waals surface area contributed by atoms with Gasteiger partial charge in [-0.2, -0.15) is 8.42 Å². The van der Waals surface area contributed by atoms with Crippen LogP contribution in [0.5, 0.6) is 0 Å². The lowest BCUT2D eigenvalue weighted by molar-refractivity contribution is 0.485. The number of aromatic amines is 1. The number of H-pyrrole nitrogens is 1. The van der Waals surface area contributed by atoms with E-state index in [1.54, 1.807) is 61.0 Å². The van der Waals surface area contributed by atoms with Crippen molar-refractivity contribution in [3.63, 3.8) is 0 Å². The molecule has 2 aromatic heterocycles. The Morgan fingerprint density at radius 3 is 2.30 bits per heavy atom. The highest BCUT2D eigenvalue weighted by Gasteiger charge is 2.25. The van der Waals surface area contributed by atoms with Gasteiger partial charge < -0.3 is 9.55 Å². The first-order valence-electron chi connectivity index (χ1n) is 9.17. The lowest BCUT2D eigenvalue weighted by Crippen LogP contribution is -2.16. The Balaban J connectivity index is 2.23. The van der Waals surface area contributed by atoms with Crippen LogP contribution in [0.25, 0.3) is 43.6 Å². The molecule has 0 radical (unpaired) electrons. The average Bonchev–Trinajstić information content (AvgIpc) is 2.71. The van der Waals surface area contributed by atoms with Gasteiger partial charge in [-0.1, -0.05) is 24.3 Å². The van der Waals surface area contributed by atoms with E-state index < -0.39 is 20.4 Å². The van der Waals surface area contributed by atoms with Gasteiger partial charge in [0.2, 0.25) is 0 Å².